The maximum atomic E-state index is 4.40. The molecule has 1 unspecified atom stereocenters. The number of piperidine rings is 1. The molecule has 0 radical (unpaired) electrons. The minimum atomic E-state index is 0.783. The summed E-state index contributed by atoms with van der Waals surface area (Å²) in [6.07, 6.45) is 6.15. The van der Waals surface area contributed by atoms with Gasteiger partial charge in [0.15, 0.2) is 0 Å². The molecular formula is C11H17N3. The number of hydrogen-bond acceptors (Lipinski definition) is 3. The van der Waals surface area contributed by atoms with E-state index < -0.39 is 0 Å². The van der Waals surface area contributed by atoms with Crippen LogP contribution in [-0.4, -0.2) is 23.1 Å². The van der Waals surface area contributed by atoms with Crippen LogP contribution in [0.3, 0.4) is 0 Å². The zero-order valence-electron chi connectivity index (χ0n) is 8.90. The molecule has 76 valence electrons. The lowest BCUT2D eigenvalue weighted by Gasteiger charge is -2.32. The molecule has 0 spiro atoms. The van der Waals surface area contributed by atoms with Crippen LogP contribution < -0.4 is 4.90 Å². The predicted octanol–water partition coefficient (Wildman–Crippen LogP) is 2.02. The number of hydrogen-bond donors (Lipinski definition) is 0. The quantitative estimate of drug-likeness (QED) is 0.680. The molecule has 0 aliphatic carbocycles. The summed E-state index contributed by atoms with van der Waals surface area (Å²) in [5.41, 5.74) is 1.04. The first-order valence-corrected chi connectivity index (χ1v) is 5.30. The van der Waals surface area contributed by atoms with E-state index in [1.165, 1.54) is 12.8 Å². The molecule has 3 nitrogen and oxygen atoms in total. The van der Waals surface area contributed by atoms with E-state index >= 15 is 0 Å². The molecule has 1 atom stereocenters. The van der Waals surface area contributed by atoms with Gasteiger partial charge in [-0.25, -0.2) is 4.98 Å². The Morgan fingerprint density at radius 3 is 2.86 bits per heavy atom. The standard InChI is InChI=1S/C11H17N3/c1-9-4-3-7-14(8-9)11-10(2)12-5-6-13-11/h5-6,9H,3-4,7-8H2,1-2H3. The van der Waals surface area contributed by atoms with Gasteiger partial charge < -0.3 is 4.90 Å². The van der Waals surface area contributed by atoms with Gasteiger partial charge in [0.25, 0.3) is 0 Å². The third kappa shape index (κ3) is 1.86. The maximum Gasteiger partial charge on any atom is 0.150 e. The highest BCUT2D eigenvalue weighted by Gasteiger charge is 2.18. The Labute approximate surface area is 85.2 Å². The summed E-state index contributed by atoms with van der Waals surface area (Å²) in [5.74, 6) is 1.85. The van der Waals surface area contributed by atoms with E-state index in [-0.39, 0.29) is 0 Å². The molecule has 2 rings (SSSR count). The van der Waals surface area contributed by atoms with Gasteiger partial charge in [0.2, 0.25) is 0 Å². The van der Waals surface area contributed by atoms with Gasteiger partial charge in [0.1, 0.15) is 5.82 Å². The van der Waals surface area contributed by atoms with Crippen LogP contribution in [0.25, 0.3) is 0 Å². The number of aromatic nitrogens is 2. The topological polar surface area (TPSA) is 29.0 Å². The van der Waals surface area contributed by atoms with Crippen LogP contribution in [-0.2, 0) is 0 Å². The molecule has 0 N–H and O–H groups in total. The summed E-state index contributed by atoms with van der Waals surface area (Å²) in [5, 5.41) is 0. The molecule has 14 heavy (non-hydrogen) atoms. The van der Waals surface area contributed by atoms with Crippen molar-refractivity contribution < 1.29 is 0 Å². The van der Waals surface area contributed by atoms with Crippen molar-refractivity contribution in [3.63, 3.8) is 0 Å². The van der Waals surface area contributed by atoms with E-state index in [1.807, 2.05) is 6.92 Å². The Morgan fingerprint density at radius 1 is 1.36 bits per heavy atom. The third-order valence-corrected chi connectivity index (χ3v) is 2.81. The van der Waals surface area contributed by atoms with E-state index in [1.54, 1.807) is 12.4 Å². The molecule has 3 heteroatoms. The van der Waals surface area contributed by atoms with Crippen molar-refractivity contribution in [3.05, 3.63) is 18.1 Å². The molecule has 0 amide bonds. The van der Waals surface area contributed by atoms with E-state index in [9.17, 15) is 0 Å². The van der Waals surface area contributed by atoms with Crippen molar-refractivity contribution in [2.24, 2.45) is 5.92 Å². The second-order valence-corrected chi connectivity index (χ2v) is 4.16. The van der Waals surface area contributed by atoms with Crippen molar-refractivity contribution in [2.75, 3.05) is 18.0 Å². The highest BCUT2D eigenvalue weighted by molar-refractivity contribution is 5.42. The molecule has 1 fully saturated rings. The number of anilines is 1. The van der Waals surface area contributed by atoms with Crippen LogP contribution in [0.5, 0.6) is 0 Å². The highest BCUT2D eigenvalue weighted by atomic mass is 15.2. The molecule has 1 aromatic rings. The van der Waals surface area contributed by atoms with Gasteiger partial charge in [0, 0.05) is 25.5 Å². The first kappa shape index (κ1) is 9.44. The second kappa shape index (κ2) is 3.95. The molecule has 0 aromatic carbocycles. The Kier molecular flexibility index (Phi) is 2.66. The van der Waals surface area contributed by atoms with Crippen LogP contribution in [0.2, 0.25) is 0 Å². The Bertz CT molecular complexity index is 311. The van der Waals surface area contributed by atoms with Crippen molar-refractivity contribution in [1.29, 1.82) is 0 Å². The number of rotatable bonds is 1. The molecule has 0 bridgehead atoms. The van der Waals surface area contributed by atoms with Gasteiger partial charge in [-0.15, -0.1) is 0 Å². The molecule has 2 heterocycles. The monoisotopic (exact) mass is 191 g/mol. The van der Waals surface area contributed by atoms with E-state index in [2.05, 4.69) is 21.8 Å². The summed E-state index contributed by atoms with van der Waals surface area (Å²) < 4.78 is 0. The molecular weight excluding hydrogens is 174 g/mol. The van der Waals surface area contributed by atoms with Crippen LogP contribution in [0.4, 0.5) is 5.82 Å². The molecule has 1 aliphatic rings. The van der Waals surface area contributed by atoms with Gasteiger partial charge in [-0.3, -0.25) is 4.98 Å². The van der Waals surface area contributed by atoms with E-state index in [0.717, 1.165) is 30.5 Å². The molecule has 1 aliphatic heterocycles. The number of aryl methyl sites for hydroxylation is 1. The predicted molar refractivity (Wildman–Crippen MR) is 57.4 cm³/mol. The average molecular weight is 191 g/mol. The average Bonchev–Trinajstić information content (AvgIpc) is 2.18. The summed E-state index contributed by atoms with van der Waals surface area (Å²) >= 11 is 0. The van der Waals surface area contributed by atoms with Crippen LogP contribution in [0, 0.1) is 12.8 Å². The minimum Gasteiger partial charge on any atom is -0.355 e. The first-order valence-electron chi connectivity index (χ1n) is 5.30. The Balaban J connectivity index is 2.18. The Morgan fingerprint density at radius 2 is 2.14 bits per heavy atom. The Hall–Kier alpha value is -1.12. The van der Waals surface area contributed by atoms with Crippen molar-refractivity contribution in [3.8, 4) is 0 Å². The lowest BCUT2D eigenvalue weighted by Crippen LogP contribution is -2.35. The van der Waals surface area contributed by atoms with Crippen molar-refractivity contribution in [1.82, 2.24) is 9.97 Å². The summed E-state index contributed by atoms with van der Waals surface area (Å²) in [4.78, 5) is 11.0. The molecule has 1 aromatic heterocycles. The summed E-state index contributed by atoms with van der Waals surface area (Å²) in [6, 6.07) is 0. The normalized spacial score (nSPS) is 22.4. The smallest absolute Gasteiger partial charge is 0.150 e. The fraction of sp³-hybridized carbons (Fsp3) is 0.636. The van der Waals surface area contributed by atoms with Crippen molar-refractivity contribution >= 4 is 5.82 Å². The highest BCUT2D eigenvalue weighted by Crippen LogP contribution is 2.22. The molecule has 0 saturated carbocycles. The fourth-order valence-corrected chi connectivity index (χ4v) is 2.09. The van der Waals surface area contributed by atoms with Gasteiger partial charge in [0.05, 0.1) is 5.69 Å². The van der Waals surface area contributed by atoms with Crippen molar-refractivity contribution in [2.45, 2.75) is 26.7 Å². The van der Waals surface area contributed by atoms with E-state index in [0.29, 0.717) is 0 Å². The largest absolute Gasteiger partial charge is 0.355 e. The number of nitrogens with zero attached hydrogens (tertiary/aromatic N) is 3. The van der Waals surface area contributed by atoms with Gasteiger partial charge in [-0.2, -0.15) is 0 Å². The fourth-order valence-electron chi connectivity index (χ4n) is 2.09. The van der Waals surface area contributed by atoms with Crippen LogP contribution >= 0.6 is 0 Å². The summed E-state index contributed by atoms with van der Waals surface area (Å²) in [7, 11) is 0. The maximum absolute atomic E-state index is 4.40. The van der Waals surface area contributed by atoms with E-state index in [4.69, 9.17) is 0 Å². The zero-order chi connectivity index (χ0) is 9.97. The lowest BCUT2D eigenvalue weighted by atomic mass is 10.0. The third-order valence-electron chi connectivity index (χ3n) is 2.81. The van der Waals surface area contributed by atoms with Gasteiger partial charge in [-0.05, 0) is 25.7 Å². The van der Waals surface area contributed by atoms with Crippen LogP contribution in [0.1, 0.15) is 25.5 Å². The SMILES string of the molecule is Cc1nccnc1N1CCCC(C)C1. The van der Waals surface area contributed by atoms with Gasteiger partial charge >= 0.3 is 0 Å². The molecule has 1 saturated heterocycles. The van der Waals surface area contributed by atoms with Crippen LogP contribution in [0.15, 0.2) is 12.4 Å². The first-order chi connectivity index (χ1) is 6.77. The minimum absolute atomic E-state index is 0.783. The summed E-state index contributed by atoms with van der Waals surface area (Å²) in [6.45, 7) is 6.59. The van der Waals surface area contributed by atoms with Gasteiger partial charge in [-0.1, -0.05) is 6.92 Å². The zero-order valence-corrected chi connectivity index (χ0v) is 8.90. The second-order valence-electron chi connectivity index (χ2n) is 4.16. The lowest BCUT2D eigenvalue weighted by molar-refractivity contribution is 0.443.